The molecule has 6 nitrogen and oxygen atoms in total. The second kappa shape index (κ2) is 8.03. The van der Waals surface area contributed by atoms with Crippen molar-refractivity contribution in [2.75, 3.05) is 13.7 Å². The molecule has 4 aromatic rings. The largest absolute Gasteiger partial charge is 0.496 e. The number of carbonyl (C=O) groups is 1. The molecule has 1 amide bonds. The first-order valence-corrected chi connectivity index (χ1v) is 11.3. The standard InChI is InChI=1S/C27H28N4O2/c1-27(2,3)24-16-25-28-21(26(32)30-14-13-18-9-5-6-10-19(18)17-30)15-22(31(25)29-24)20-11-7-8-12-23(20)33-4/h5-12,15-16H,13-14,17H2,1-4H3. The van der Waals surface area contributed by atoms with Crippen LogP contribution in [-0.2, 0) is 18.4 Å². The summed E-state index contributed by atoms with van der Waals surface area (Å²) < 4.78 is 7.44. The summed E-state index contributed by atoms with van der Waals surface area (Å²) in [6.07, 6.45) is 0.852. The molecule has 33 heavy (non-hydrogen) atoms. The highest BCUT2D eigenvalue weighted by Crippen LogP contribution is 2.32. The molecule has 0 radical (unpaired) electrons. The Hall–Kier alpha value is -3.67. The van der Waals surface area contributed by atoms with Crippen LogP contribution in [0, 0.1) is 0 Å². The number of hydrogen-bond acceptors (Lipinski definition) is 4. The number of carbonyl (C=O) groups excluding carboxylic acids is 1. The van der Waals surface area contributed by atoms with E-state index in [4.69, 9.17) is 14.8 Å². The highest BCUT2D eigenvalue weighted by Gasteiger charge is 2.26. The van der Waals surface area contributed by atoms with Crippen molar-refractivity contribution < 1.29 is 9.53 Å². The van der Waals surface area contributed by atoms with Crippen LogP contribution in [0.15, 0.2) is 60.7 Å². The first-order chi connectivity index (χ1) is 15.8. The number of ether oxygens (including phenoxy) is 1. The van der Waals surface area contributed by atoms with Gasteiger partial charge in [-0.25, -0.2) is 9.50 Å². The number of aromatic nitrogens is 3. The Balaban J connectivity index is 1.63. The summed E-state index contributed by atoms with van der Waals surface area (Å²) in [5.41, 5.74) is 6.01. The van der Waals surface area contributed by atoms with E-state index < -0.39 is 0 Å². The molecule has 0 spiro atoms. The molecule has 6 heteroatoms. The number of nitrogens with zero attached hydrogens (tertiary/aromatic N) is 4. The van der Waals surface area contributed by atoms with Gasteiger partial charge in [0.1, 0.15) is 11.4 Å². The third-order valence-corrected chi connectivity index (χ3v) is 6.22. The molecule has 0 saturated heterocycles. The Kier molecular flexibility index (Phi) is 5.16. The second-order valence-electron chi connectivity index (χ2n) is 9.52. The fourth-order valence-electron chi connectivity index (χ4n) is 4.33. The van der Waals surface area contributed by atoms with Crippen LogP contribution in [0.4, 0.5) is 0 Å². The smallest absolute Gasteiger partial charge is 0.272 e. The molecular formula is C27H28N4O2. The third kappa shape index (κ3) is 3.86. The Bertz CT molecular complexity index is 1350. The molecule has 168 valence electrons. The molecule has 1 aliphatic heterocycles. The van der Waals surface area contributed by atoms with Crippen molar-refractivity contribution in [3.8, 4) is 17.0 Å². The van der Waals surface area contributed by atoms with Crippen LogP contribution in [0.25, 0.3) is 16.9 Å². The molecule has 2 aromatic carbocycles. The summed E-state index contributed by atoms with van der Waals surface area (Å²) in [7, 11) is 1.65. The average Bonchev–Trinajstić information content (AvgIpc) is 3.28. The van der Waals surface area contributed by atoms with Crippen LogP contribution in [-0.4, -0.2) is 39.1 Å². The summed E-state index contributed by atoms with van der Waals surface area (Å²) in [6, 6.07) is 19.9. The molecule has 0 atom stereocenters. The topological polar surface area (TPSA) is 59.7 Å². The van der Waals surface area contributed by atoms with Crippen LogP contribution in [0.1, 0.15) is 48.1 Å². The lowest BCUT2D eigenvalue weighted by Crippen LogP contribution is -2.36. The monoisotopic (exact) mass is 440 g/mol. The summed E-state index contributed by atoms with van der Waals surface area (Å²) in [4.78, 5) is 20.2. The van der Waals surface area contributed by atoms with Crippen molar-refractivity contribution >= 4 is 11.6 Å². The van der Waals surface area contributed by atoms with E-state index in [9.17, 15) is 4.79 Å². The minimum Gasteiger partial charge on any atom is -0.496 e. The van der Waals surface area contributed by atoms with Crippen molar-refractivity contribution in [1.82, 2.24) is 19.5 Å². The lowest BCUT2D eigenvalue weighted by Gasteiger charge is -2.28. The quantitative estimate of drug-likeness (QED) is 0.455. The van der Waals surface area contributed by atoms with Gasteiger partial charge in [-0.3, -0.25) is 4.79 Å². The summed E-state index contributed by atoms with van der Waals surface area (Å²) in [6.45, 7) is 7.63. The molecule has 3 heterocycles. The number of amides is 1. The minimum atomic E-state index is -0.146. The highest BCUT2D eigenvalue weighted by molar-refractivity contribution is 5.94. The Morgan fingerprint density at radius 2 is 1.73 bits per heavy atom. The Labute approximate surface area is 193 Å². The molecule has 0 bridgehead atoms. The zero-order valence-corrected chi connectivity index (χ0v) is 19.5. The maximum atomic E-state index is 13.6. The maximum absolute atomic E-state index is 13.6. The van der Waals surface area contributed by atoms with Gasteiger partial charge >= 0.3 is 0 Å². The zero-order valence-electron chi connectivity index (χ0n) is 19.5. The first kappa shape index (κ1) is 21.2. The summed E-state index contributed by atoms with van der Waals surface area (Å²) >= 11 is 0. The fraction of sp³-hybridized carbons (Fsp3) is 0.296. The second-order valence-corrected chi connectivity index (χ2v) is 9.52. The number of benzene rings is 2. The van der Waals surface area contributed by atoms with Crippen molar-refractivity contribution in [3.63, 3.8) is 0 Å². The number of methoxy groups -OCH3 is 1. The van der Waals surface area contributed by atoms with Crippen LogP contribution in [0.5, 0.6) is 5.75 Å². The van der Waals surface area contributed by atoms with Gasteiger partial charge in [-0.05, 0) is 35.7 Å². The average molecular weight is 441 g/mol. The summed E-state index contributed by atoms with van der Waals surface area (Å²) in [5, 5.41) is 4.85. The predicted molar refractivity (Wildman–Crippen MR) is 129 cm³/mol. The van der Waals surface area contributed by atoms with Gasteiger partial charge in [-0.15, -0.1) is 0 Å². The summed E-state index contributed by atoms with van der Waals surface area (Å²) in [5.74, 6) is 0.657. The van der Waals surface area contributed by atoms with Gasteiger partial charge in [-0.2, -0.15) is 5.10 Å². The van der Waals surface area contributed by atoms with Gasteiger partial charge in [0.05, 0.1) is 18.5 Å². The van der Waals surface area contributed by atoms with E-state index in [1.807, 2.05) is 51.9 Å². The van der Waals surface area contributed by atoms with E-state index in [1.54, 1.807) is 7.11 Å². The molecule has 2 aromatic heterocycles. The fourth-order valence-corrected chi connectivity index (χ4v) is 4.33. The normalized spacial score (nSPS) is 13.8. The lowest BCUT2D eigenvalue weighted by molar-refractivity contribution is 0.0729. The van der Waals surface area contributed by atoms with Gasteiger partial charge in [0, 0.05) is 30.1 Å². The van der Waals surface area contributed by atoms with Crippen LogP contribution >= 0.6 is 0 Å². The molecule has 5 rings (SSSR count). The van der Waals surface area contributed by atoms with Crippen molar-refractivity contribution in [1.29, 1.82) is 0 Å². The van der Waals surface area contributed by atoms with Gasteiger partial charge in [0.15, 0.2) is 5.65 Å². The molecule has 0 unspecified atom stereocenters. The van der Waals surface area contributed by atoms with E-state index >= 15 is 0 Å². The Morgan fingerprint density at radius 3 is 2.48 bits per heavy atom. The molecule has 0 fully saturated rings. The SMILES string of the molecule is COc1ccccc1-c1cc(C(=O)N2CCc3ccccc3C2)nc2cc(C(C)(C)C)nn12. The number of rotatable bonds is 3. The molecule has 0 aliphatic carbocycles. The molecule has 0 N–H and O–H groups in total. The zero-order chi connectivity index (χ0) is 23.2. The predicted octanol–water partition coefficient (Wildman–Crippen LogP) is 4.90. The van der Waals surface area contributed by atoms with E-state index in [-0.39, 0.29) is 11.3 Å². The van der Waals surface area contributed by atoms with Gasteiger partial charge < -0.3 is 9.64 Å². The van der Waals surface area contributed by atoms with Crippen molar-refractivity contribution in [3.05, 3.63) is 83.2 Å². The van der Waals surface area contributed by atoms with Gasteiger partial charge in [-0.1, -0.05) is 57.2 Å². The maximum Gasteiger partial charge on any atom is 0.272 e. The van der Waals surface area contributed by atoms with Gasteiger partial charge in [0.25, 0.3) is 5.91 Å². The number of fused-ring (bicyclic) bond motifs is 2. The highest BCUT2D eigenvalue weighted by atomic mass is 16.5. The van der Waals surface area contributed by atoms with Crippen LogP contribution in [0.3, 0.4) is 0 Å². The molecular weight excluding hydrogens is 412 g/mol. The van der Waals surface area contributed by atoms with E-state index in [0.29, 0.717) is 24.4 Å². The van der Waals surface area contributed by atoms with Gasteiger partial charge in [0.2, 0.25) is 0 Å². The molecule has 0 saturated carbocycles. The first-order valence-electron chi connectivity index (χ1n) is 11.3. The Morgan fingerprint density at radius 1 is 1.00 bits per heavy atom. The lowest BCUT2D eigenvalue weighted by atomic mass is 9.93. The minimum absolute atomic E-state index is 0.0679. The van der Waals surface area contributed by atoms with Crippen LogP contribution < -0.4 is 4.74 Å². The molecule has 1 aliphatic rings. The van der Waals surface area contributed by atoms with E-state index in [2.05, 4.69) is 39.0 Å². The number of para-hydroxylation sites is 1. The van der Waals surface area contributed by atoms with Crippen molar-refractivity contribution in [2.24, 2.45) is 0 Å². The van der Waals surface area contributed by atoms with E-state index in [1.165, 1.54) is 11.1 Å². The van der Waals surface area contributed by atoms with Crippen molar-refractivity contribution in [2.45, 2.75) is 39.2 Å². The number of hydrogen-bond donors (Lipinski definition) is 0. The van der Waals surface area contributed by atoms with Crippen LogP contribution in [0.2, 0.25) is 0 Å². The third-order valence-electron chi connectivity index (χ3n) is 6.22. The van der Waals surface area contributed by atoms with E-state index in [0.717, 1.165) is 29.1 Å².